The van der Waals surface area contributed by atoms with E-state index < -0.39 is 0 Å². The van der Waals surface area contributed by atoms with Crippen LogP contribution in [-0.2, 0) is 4.79 Å². The van der Waals surface area contributed by atoms with Gasteiger partial charge in [0.2, 0.25) is 5.91 Å². The highest BCUT2D eigenvalue weighted by atomic mass is 16.5. The molecule has 0 aromatic heterocycles. The fourth-order valence-electron chi connectivity index (χ4n) is 3.49. The summed E-state index contributed by atoms with van der Waals surface area (Å²) in [4.78, 5) is 12.7. The van der Waals surface area contributed by atoms with E-state index >= 15 is 0 Å². The van der Waals surface area contributed by atoms with E-state index in [2.05, 4.69) is 16.2 Å². The predicted molar refractivity (Wildman–Crippen MR) is 108 cm³/mol. The number of hydrogen-bond acceptors (Lipinski definition) is 7. The van der Waals surface area contributed by atoms with Crippen molar-refractivity contribution in [2.45, 2.75) is 24.9 Å². The maximum absolute atomic E-state index is 12.7. The molecule has 0 spiro atoms. The van der Waals surface area contributed by atoms with Gasteiger partial charge in [-0.2, -0.15) is 0 Å². The Morgan fingerprint density at radius 3 is 2.59 bits per heavy atom. The number of carbonyl (C=O) groups is 1. The van der Waals surface area contributed by atoms with Gasteiger partial charge in [0.25, 0.3) is 0 Å². The van der Waals surface area contributed by atoms with Gasteiger partial charge in [-0.15, -0.1) is 0 Å². The molecule has 1 saturated heterocycles. The average Bonchev–Trinajstić information content (AvgIpc) is 3.13. The summed E-state index contributed by atoms with van der Waals surface area (Å²) in [5.41, 5.74) is 7.95. The van der Waals surface area contributed by atoms with Crippen LogP contribution in [0.2, 0.25) is 0 Å². The Labute approximate surface area is 169 Å². The Balaban J connectivity index is 1.40. The molecule has 4 rings (SSSR count). The van der Waals surface area contributed by atoms with Gasteiger partial charge in [0.15, 0.2) is 23.0 Å². The molecule has 154 valence electrons. The van der Waals surface area contributed by atoms with Crippen LogP contribution in [0.4, 0.5) is 5.69 Å². The summed E-state index contributed by atoms with van der Waals surface area (Å²) >= 11 is 0. The summed E-state index contributed by atoms with van der Waals surface area (Å²) in [5, 5.41) is 2.95. The highest BCUT2D eigenvalue weighted by molar-refractivity contribution is 5.95. The first-order valence-electron chi connectivity index (χ1n) is 9.61. The predicted octanol–water partition coefficient (Wildman–Crippen LogP) is 2.41. The van der Waals surface area contributed by atoms with Crippen LogP contribution in [-0.4, -0.2) is 39.4 Å². The normalized spacial score (nSPS) is 20.6. The van der Waals surface area contributed by atoms with Gasteiger partial charge in [-0.25, -0.2) is 10.9 Å². The monoisotopic (exact) mass is 399 g/mol. The van der Waals surface area contributed by atoms with Gasteiger partial charge in [-0.1, -0.05) is 6.07 Å². The molecule has 2 aliphatic heterocycles. The van der Waals surface area contributed by atoms with E-state index in [0.717, 1.165) is 12.0 Å². The molecular weight excluding hydrogens is 374 g/mol. The fourth-order valence-corrected chi connectivity index (χ4v) is 3.49. The van der Waals surface area contributed by atoms with E-state index in [1.54, 1.807) is 20.3 Å². The lowest BCUT2D eigenvalue weighted by Gasteiger charge is -2.14. The zero-order chi connectivity index (χ0) is 20.2. The second-order valence-electron chi connectivity index (χ2n) is 6.95. The van der Waals surface area contributed by atoms with Crippen molar-refractivity contribution in [3.05, 3.63) is 42.0 Å². The van der Waals surface area contributed by atoms with E-state index in [0.29, 0.717) is 48.3 Å². The summed E-state index contributed by atoms with van der Waals surface area (Å²) in [6, 6.07) is 10.8. The summed E-state index contributed by atoms with van der Waals surface area (Å²) in [6.45, 7) is 1.24. The molecule has 2 aromatic rings. The number of carbonyl (C=O) groups excluding carboxylic acids is 1. The second-order valence-corrected chi connectivity index (χ2v) is 6.95. The third-order valence-electron chi connectivity index (χ3n) is 5.04. The number of hydrogen-bond donors (Lipinski definition) is 3. The van der Waals surface area contributed by atoms with Crippen LogP contribution in [0.15, 0.2) is 36.4 Å². The Hall–Kier alpha value is -2.97. The quantitative estimate of drug-likeness (QED) is 0.711. The van der Waals surface area contributed by atoms with Crippen LogP contribution in [0.1, 0.15) is 24.4 Å². The third-order valence-corrected chi connectivity index (χ3v) is 5.04. The fraction of sp³-hybridized carbons (Fsp3) is 0.381. The number of rotatable bonds is 5. The molecule has 0 saturated carbocycles. The minimum absolute atomic E-state index is 0.0191. The Kier molecular flexibility index (Phi) is 5.73. The van der Waals surface area contributed by atoms with Gasteiger partial charge in [0.1, 0.15) is 6.04 Å². The van der Waals surface area contributed by atoms with Crippen LogP contribution in [0, 0.1) is 0 Å². The highest BCUT2D eigenvalue weighted by Crippen LogP contribution is 2.34. The number of methoxy groups -OCH3 is 2. The first-order chi connectivity index (χ1) is 14.2. The van der Waals surface area contributed by atoms with Crippen molar-refractivity contribution in [1.82, 2.24) is 10.9 Å². The maximum atomic E-state index is 12.7. The lowest BCUT2D eigenvalue weighted by Crippen LogP contribution is -2.39. The second kappa shape index (κ2) is 8.59. The molecule has 29 heavy (non-hydrogen) atoms. The molecule has 2 aromatic carbocycles. The summed E-state index contributed by atoms with van der Waals surface area (Å²) < 4.78 is 22.0. The van der Waals surface area contributed by atoms with E-state index in [-0.39, 0.29) is 18.0 Å². The molecule has 0 radical (unpaired) electrons. The molecule has 8 nitrogen and oxygen atoms in total. The number of ether oxygens (including phenoxy) is 4. The number of hydrazine groups is 1. The minimum Gasteiger partial charge on any atom is -0.493 e. The standard InChI is InChI=1S/C21H25N3O5/c1-26-17-6-4-13(10-19(17)27-2)15-12-16(24-23-15)21(25)22-14-5-7-18-20(11-14)29-9-3-8-28-18/h4-7,10-11,15-16,23-24H,3,8-9,12H2,1-2H3,(H,22,25). The molecule has 2 unspecified atom stereocenters. The maximum Gasteiger partial charge on any atom is 0.242 e. The van der Waals surface area contributed by atoms with Gasteiger partial charge in [0, 0.05) is 24.2 Å². The summed E-state index contributed by atoms with van der Waals surface area (Å²) in [5.74, 6) is 2.57. The molecule has 0 aliphatic carbocycles. The Morgan fingerprint density at radius 2 is 1.79 bits per heavy atom. The molecule has 3 N–H and O–H groups in total. The number of nitrogens with one attached hydrogen (secondary N) is 3. The largest absolute Gasteiger partial charge is 0.493 e. The molecule has 2 aliphatic rings. The summed E-state index contributed by atoms with van der Waals surface area (Å²) in [7, 11) is 3.21. The average molecular weight is 399 g/mol. The molecule has 8 heteroatoms. The van der Waals surface area contributed by atoms with Gasteiger partial charge in [-0.05, 0) is 36.2 Å². The zero-order valence-corrected chi connectivity index (χ0v) is 16.5. The third kappa shape index (κ3) is 4.23. The SMILES string of the molecule is COc1ccc(C2CC(C(=O)Nc3ccc4c(c3)OCCCO4)NN2)cc1OC. The van der Waals surface area contributed by atoms with Crippen molar-refractivity contribution in [1.29, 1.82) is 0 Å². The van der Waals surface area contributed by atoms with Gasteiger partial charge >= 0.3 is 0 Å². The Bertz CT molecular complexity index is 889. The van der Waals surface area contributed by atoms with Crippen molar-refractivity contribution in [2.24, 2.45) is 0 Å². The molecule has 1 amide bonds. The van der Waals surface area contributed by atoms with Crippen molar-refractivity contribution < 1.29 is 23.7 Å². The number of amides is 1. The lowest BCUT2D eigenvalue weighted by atomic mass is 10.0. The van der Waals surface area contributed by atoms with E-state index in [1.165, 1.54) is 0 Å². The van der Waals surface area contributed by atoms with Crippen molar-refractivity contribution in [2.75, 3.05) is 32.8 Å². The molecule has 2 heterocycles. The van der Waals surface area contributed by atoms with E-state index in [9.17, 15) is 4.79 Å². The minimum atomic E-state index is -0.371. The number of fused-ring (bicyclic) bond motifs is 1. The van der Waals surface area contributed by atoms with Crippen LogP contribution in [0.3, 0.4) is 0 Å². The van der Waals surface area contributed by atoms with Crippen LogP contribution in [0.5, 0.6) is 23.0 Å². The lowest BCUT2D eigenvalue weighted by molar-refractivity contribution is -0.117. The first-order valence-corrected chi connectivity index (χ1v) is 9.61. The molecule has 2 atom stereocenters. The van der Waals surface area contributed by atoms with Gasteiger partial charge in [-0.3, -0.25) is 4.79 Å². The van der Waals surface area contributed by atoms with Gasteiger partial charge in [0.05, 0.1) is 27.4 Å². The van der Waals surface area contributed by atoms with Crippen molar-refractivity contribution >= 4 is 11.6 Å². The van der Waals surface area contributed by atoms with E-state index in [4.69, 9.17) is 18.9 Å². The highest BCUT2D eigenvalue weighted by Gasteiger charge is 2.30. The Morgan fingerprint density at radius 1 is 1.00 bits per heavy atom. The first kappa shape index (κ1) is 19.4. The number of benzene rings is 2. The topological polar surface area (TPSA) is 90.1 Å². The van der Waals surface area contributed by atoms with Gasteiger partial charge < -0.3 is 24.3 Å². The molecule has 1 fully saturated rings. The van der Waals surface area contributed by atoms with Crippen LogP contribution < -0.4 is 35.1 Å². The molecule has 0 bridgehead atoms. The van der Waals surface area contributed by atoms with Crippen molar-refractivity contribution in [3.8, 4) is 23.0 Å². The smallest absolute Gasteiger partial charge is 0.242 e. The van der Waals surface area contributed by atoms with Crippen LogP contribution in [0.25, 0.3) is 0 Å². The van der Waals surface area contributed by atoms with Crippen LogP contribution >= 0.6 is 0 Å². The number of anilines is 1. The van der Waals surface area contributed by atoms with E-state index in [1.807, 2.05) is 30.3 Å². The zero-order valence-electron chi connectivity index (χ0n) is 16.5. The van der Waals surface area contributed by atoms with Crippen molar-refractivity contribution in [3.63, 3.8) is 0 Å². The summed E-state index contributed by atoms with van der Waals surface area (Å²) in [6.07, 6.45) is 1.44. The molecular formula is C21H25N3O5.